The molecular weight excluding hydrogens is 933 g/mol. The van der Waals surface area contributed by atoms with Crippen LogP contribution in [0.4, 0.5) is 14.5 Å². The average Bonchev–Trinajstić information content (AvgIpc) is 4.10. The summed E-state index contributed by atoms with van der Waals surface area (Å²) in [5, 5.41) is 6.26. The Bertz CT molecular complexity index is 3300. The summed E-state index contributed by atoms with van der Waals surface area (Å²) in [4.78, 5) is 78.8. The number of benzene rings is 2. The maximum absolute atomic E-state index is 15.9. The van der Waals surface area contributed by atoms with Gasteiger partial charge >= 0.3 is 5.69 Å². The molecule has 0 radical (unpaired) electrons. The fourth-order valence-electron chi connectivity index (χ4n) is 12.0. The Labute approximate surface area is 421 Å². The lowest BCUT2D eigenvalue weighted by molar-refractivity contribution is -0.135. The average molecular weight is 996 g/mol. The second-order valence-corrected chi connectivity index (χ2v) is 20.9. The van der Waals surface area contributed by atoms with E-state index in [4.69, 9.17) is 0 Å². The number of hydrogen-bond acceptors (Lipinski definition) is 10. The number of nitrogens with one attached hydrogen (secondary N) is 2. The summed E-state index contributed by atoms with van der Waals surface area (Å²) >= 11 is 0. The zero-order valence-corrected chi connectivity index (χ0v) is 42.0. The van der Waals surface area contributed by atoms with Gasteiger partial charge in [-0.3, -0.25) is 52.9 Å². The summed E-state index contributed by atoms with van der Waals surface area (Å²) < 4.78 is 39.0. The van der Waals surface area contributed by atoms with E-state index in [1.54, 1.807) is 39.5 Å². The van der Waals surface area contributed by atoms with Crippen LogP contribution in [0.5, 0.6) is 0 Å². The van der Waals surface area contributed by atoms with Gasteiger partial charge in [0.25, 0.3) is 11.5 Å². The molecule has 3 saturated heterocycles. The van der Waals surface area contributed by atoms with Crippen LogP contribution in [-0.2, 0) is 23.2 Å². The van der Waals surface area contributed by atoms with E-state index in [1.807, 2.05) is 46.5 Å². The number of nitrogens with zero attached hydrogens (tertiary/aromatic N) is 9. The smallest absolute Gasteiger partial charge is 0.330 e. The van der Waals surface area contributed by atoms with E-state index in [2.05, 4.69) is 56.3 Å². The number of piperazine rings is 1. The zero-order chi connectivity index (χ0) is 50.8. The number of aryl methyl sites for hydroxylation is 1. The molecule has 6 aromatic rings. The van der Waals surface area contributed by atoms with Crippen molar-refractivity contribution in [2.24, 2.45) is 13.0 Å². The number of carbonyl (C=O) groups is 3. The summed E-state index contributed by atoms with van der Waals surface area (Å²) in [7, 11) is 3.73. The van der Waals surface area contributed by atoms with Crippen molar-refractivity contribution in [2.45, 2.75) is 89.5 Å². The lowest BCUT2D eigenvalue weighted by Crippen LogP contribution is -2.53. The quantitative estimate of drug-likeness (QED) is 0.132. The summed E-state index contributed by atoms with van der Waals surface area (Å²) in [6.45, 7) is 10.8. The molecule has 5 aliphatic rings. The Morgan fingerprint density at radius 1 is 0.877 bits per heavy atom. The zero-order valence-electron chi connectivity index (χ0n) is 42.0. The Kier molecular flexibility index (Phi) is 13.0. The largest absolute Gasteiger partial charge is 0.388 e. The second kappa shape index (κ2) is 19.6. The fraction of sp³-hybridized carbons (Fsp3) is 0.455. The second-order valence-electron chi connectivity index (χ2n) is 20.9. The molecule has 16 nitrogen and oxygen atoms in total. The van der Waals surface area contributed by atoms with Crippen molar-refractivity contribution in [3.05, 3.63) is 128 Å². The van der Waals surface area contributed by atoms with Crippen LogP contribution < -0.4 is 21.9 Å². The van der Waals surface area contributed by atoms with Crippen molar-refractivity contribution in [2.75, 3.05) is 64.7 Å². The van der Waals surface area contributed by atoms with Gasteiger partial charge in [0.05, 0.1) is 16.7 Å². The number of halogens is 2. The third-order valence-corrected chi connectivity index (χ3v) is 16.3. The van der Waals surface area contributed by atoms with Crippen LogP contribution in [0.25, 0.3) is 33.3 Å². The van der Waals surface area contributed by atoms with Crippen molar-refractivity contribution in [1.82, 2.24) is 48.2 Å². The van der Waals surface area contributed by atoms with Gasteiger partial charge in [-0.25, -0.2) is 18.6 Å². The molecule has 4 fully saturated rings. The molecule has 1 unspecified atom stereocenters. The van der Waals surface area contributed by atoms with Crippen LogP contribution >= 0.6 is 0 Å². The maximum Gasteiger partial charge on any atom is 0.330 e. The number of imidazole rings is 1. The highest BCUT2D eigenvalue weighted by Gasteiger charge is 2.36. The van der Waals surface area contributed by atoms with Gasteiger partial charge in [-0.1, -0.05) is 12.1 Å². The summed E-state index contributed by atoms with van der Waals surface area (Å²) in [6.07, 6.45) is 9.76. The molecular formula is C55H63F2N11O5. The third kappa shape index (κ3) is 9.22. The molecule has 2 aromatic carbocycles. The molecule has 3 atom stereocenters. The van der Waals surface area contributed by atoms with Crippen molar-refractivity contribution in [3.8, 4) is 5.69 Å². The first-order chi connectivity index (χ1) is 35.2. The first-order valence-electron chi connectivity index (χ1n) is 25.9. The van der Waals surface area contributed by atoms with Crippen LogP contribution in [0.3, 0.4) is 0 Å². The van der Waals surface area contributed by atoms with E-state index < -0.39 is 23.6 Å². The van der Waals surface area contributed by atoms with Crippen molar-refractivity contribution in [3.63, 3.8) is 0 Å². The summed E-state index contributed by atoms with van der Waals surface area (Å²) in [5.41, 5.74) is 6.08. The standard InChI is InChI=1S/C55H63F2N11O5/c1-33-30-62(31-36-5-8-45-48(25-36)67(40-6-7-40)55(73)68(45)46-9-10-49(69)60-53(46)71)23-24-65(33)32-35-12-18-64(19-13-35)54(72)38-26-42(56)51(43(57)27-38)37-14-20-63(21-15-37)34(2)47-29-41-44(11-17-59-52(41)61(47)4)66-22-16-39(58-3)28-50(66)70/h5,8,11,14,16-17,22,25-29,33-35,40,46,58H,6-7,9-10,12-13,15,18-21,23-24,30-32H2,1-4H3,(H,60,69,71)/t33-,34-,46?/m0/s1. The number of piperidine rings is 2. The van der Waals surface area contributed by atoms with E-state index in [0.717, 1.165) is 103 Å². The predicted molar refractivity (Wildman–Crippen MR) is 276 cm³/mol. The molecule has 382 valence electrons. The van der Waals surface area contributed by atoms with Crippen LogP contribution in [0.1, 0.15) is 104 Å². The van der Waals surface area contributed by atoms with E-state index in [-0.39, 0.29) is 52.7 Å². The van der Waals surface area contributed by atoms with Crippen LogP contribution in [0.2, 0.25) is 0 Å². The van der Waals surface area contributed by atoms with E-state index in [9.17, 15) is 24.0 Å². The molecule has 4 aliphatic heterocycles. The van der Waals surface area contributed by atoms with Crippen molar-refractivity contribution >= 4 is 51.0 Å². The first-order valence-corrected chi connectivity index (χ1v) is 25.9. The lowest BCUT2D eigenvalue weighted by Gasteiger charge is -2.42. The highest BCUT2D eigenvalue weighted by Crippen LogP contribution is 2.38. The molecule has 0 bridgehead atoms. The van der Waals surface area contributed by atoms with Crippen LogP contribution in [-0.4, -0.2) is 126 Å². The number of fused-ring (bicyclic) bond motifs is 2. The molecule has 8 heterocycles. The van der Waals surface area contributed by atoms with Gasteiger partial charge in [-0.05, 0) is 112 Å². The number of pyridine rings is 2. The summed E-state index contributed by atoms with van der Waals surface area (Å²) in [5.74, 6) is -2.14. The predicted octanol–water partition coefficient (Wildman–Crippen LogP) is 6.38. The van der Waals surface area contributed by atoms with Crippen LogP contribution in [0, 0.1) is 17.6 Å². The van der Waals surface area contributed by atoms with Gasteiger partial charge in [0.1, 0.15) is 23.3 Å². The maximum atomic E-state index is 15.9. The van der Waals surface area contributed by atoms with Gasteiger partial charge < -0.3 is 14.8 Å². The lowest BCUT2D eigenvalue weighted by atomic mass is 9.93. The number of amides is 3. The van der Waals surface area contributed by atoms with Crippen molar-refractivity contribution in [1.29, 1.82) is 0 Å². The number of hydrogen-bond donors (Lipinski definition) is 2. The number of aromatic nitrogens is 5. The fourth-order valence-corrected chi connectivity index (χ4v) is 12.0. The van der Waals surface area contributed by atoms with Crippen LogP contribution in [0.15, 0.2) is 82.7 Å². The SMILES string of the molecule is CNc1ccn(-c2ccnc3c2cc([C@H](C)N2CC=C(c4c(F)cc(C(=O)N5CCC(CN6CCN(Cc7ccc8c(c7)n(C7CC7)c(=O)n8C7CCC(=O)NC7=O)C[C@@H]6C)CC5)cc4F)CC2)n3C)c(=O)c1. The highest BCUT2D eigenvalue weighted by atomic mass is 19.1. The highest BCUT2D eigenvalue weighted by molar-refractivity contribution is 6.00. The topological polar surface area (TPSA) is 155 Å². The molecule has 2 N–H and O–H groups in total. The first kappa shape index (κ1) is 48.5. The molecule has 0 spiro atoms. The molecule has 4 aromatic heterocycles. The molecule has 1 saturated carbocycles. The van der Waals surface area contributed by atoms with E-state index in [0.29, 0.717) is 56.6 Å². The molecule has 11 rings (SSSR count). The van der Waals surface area contributed by atoms with Crippen molar-refractivity contribution < 1.29 is 23.2 Å². The van der Waals surface area contributed by atoms with Gasteiger partial charge in [0, 0.05) is 144 Å². The Balaban J connectivity index is 0.679. The van der Waals surface area contributed by atoms with Gasteiger partial charge in [-0.15, -0.1) is 0 Å². The molecule has 1 aliphatic carbocycles. The molecule has 73 heavy (non-hydrogen) atoms. The third-order valence-electron chi connectivity index (χ3n) is 16.3. The minimum atomic E-state index is -0.729. The molecule has 3 amide bonds. The Morgan fingerprint density at radius 3 is 2.34 bits per heavy atom. The molecule has 18 heteroatoms. The number of imide groups is 1. The number of anilines is 1. The van der Waals surface area contributed by atoms with Gasteiger partial charge in [-0.2, -0.15) is 0 Å². The minimum Gasteiger partial charge on any atom is -0.388 e. The minimum absolute atomic E-state index is 0.0273. The van der Waals surface area contributed by atoms with E-state index in [1.165, 1.54) is 12.1 Å². The monoisotopic (exact) mass is 995 g/mol. The van der Waals surface area contributed by atoms with E-state index >= 15 is 8.78 Å². The number of carbonyl (C=O) groups excluding carboxylic acids is 3. The normalized spacial score (nSPS) is 21.2. The van der Waals surface area contributed by atoms with Gasteiger partial charge in [0.15, 0.2) is 0 Å². The number of rotatable bonds is 12. The Hall–Kier alpha value is -6.76. The van der Waals surface area contributed by atoms with Gasteiger partial charge in [0.2, 0.25) is 11.8 Å². The Morgan fingerprint density at radius 2 is 1.66 bits per heavy atom. The number of likely N-dealkylation sites (tertiary alicyclic amines) is 1. The summed E-state index contributed by atoms with van der Waals surface area (Å²) in [6, 6.07) is 15.5.